The van der Waals surface area contributed by atoms with E-state index in [0.717, 1.165) is 30.2 Å². The molecule has 2 aliphatic heterocycles. The lowest BCUT2D eigenvalue weighted by molar-refractivity contribution is -0.0711. The van der Waals surface area contributed by atoms with E-state index in [1.165, 1.54) is 17.7 Å². The molecule has 110 valence electrons. The van der Waals surface area contributed by atoms with E-state index in [-0.39, 0.29) is 11.6 Å². The number of rotatable bonds is 3. The van der Waals surface area contributed by atoms with Gasteiger partial charge in [-0.1, -0.05) is 29.8 Å². The molecular weight excluding hydrogens is 290 g/mol. The van der Waals surface area contributed by atoms with Gasteiger partial charge in [-0.2, -0.15) is 11.8 Å². The molecule has 0 bridgehead atoms. The van der Waals surface area contributed by atoms with Gasteiger partial charge in [0.2, 0.25) is 0 Å². The zero-order chi connectivity index (χ0) is 14.0. The molecule has 1 spiro atoms. The Kier molecular flexibility index (Phi) is 4.61. The molecule has 3 atom stereocenters. The fourth-order valence-corrected chi connectivity index (χ4v) is 4.98. The Hall–Kier alpha value is -0.220. The second-order valence-electron chi connectivity index (χ2n) is 5.93. The van der Waals surface area contributed by atoms with Crippen LogP contribution in [0.25, 0.3) is 0 Å². The van der Waals surface area contributed by atoms with E-state index in [4.69, 9.17) is 16.3 Å². The first-order chi connectivity index (χ1) is 9.69. The Labute approximate surface area is 130 Å². The molecule has 1 aromatic carbocycles. The summed E-state index contributed by atoms with van der Waals surface area (Å²) in [6.07, 6.45) is 3.44. The highest BCUT2D eigenvalue weighted by molar-refractivity contribution is 7.99. The molecule has 0 aliphatic carbocycles. The molecular formula is C16H22ClNOS. The van der Waals surface area contributed by atoms with Crippen LogP contribution < -0.4 is 5.32 Å². The van der Waals surface area contributed by atoms with E-state index in [1.807, 2.05) is 23.9 Å². The lowest BCUT2D eigenvalue weighted by Gasteiger charge is -2.39. The third-order valence-corrected chi connectivity index (χ3v) is 5.98. The van der Waals surface area contributed by atoms with E-state index >= 15 is 0 Å². The summed E-state index contributed by atoms with van der Waals surface area (Å²) in [5, 5.41) is 4.61. The molecule has 2 saturated heterocycles. The molecule has 0 radical (unpaired) electrons. The number of nitrogens with one attached hydrogen (secondary N) is 1. The van der Waals surface area contributed by atoms with E-state index in [1.54, 1.807) is 0 Å². The topological polar surface area (TPSA) is 21.3 Å². The Morgan fingerprint density at radius 1 is 1.45 bits per heavy atom. The van der Waals surface area contributed by atoms with Crippen LogP contribution in [0.3, 0.4) is 0 Å². The van der Waals surface area contributed by atoms with Crippen molar-refractivity contribution in [2.45, 2.75) is 43.9 Å². The first kappa shape index (κ1) is 14.7. The quantitative estimate of drug-likeness (QED) is 0.910. The van der Waals surface area contributed by atoms with E-state index in [2.05, 4.69) is 24.4 Å². The van der Waals surface area contributed by atoms with Crippen LogP contribution in [0, 0.1) is 0 Å². The molecule has 0 saturated carbocycles. The Bertz CT molecular complexity index is 462. The van der Waals surface area contributed by atoms with Gasteiger partial charge in [0, 0.05) is 29.5 Å². The highest BCUT2D eigenvalue weighted by Crippen LogP contribution is 2.38. The number of hydrogen-bond donors (Lipinski definition) is 1. The molecule has 0 amide bonds. The van der Waals surface area contributed by atoms with Gasteiger partial charge in [0.1, 0.15) is 0 Å². The predicted molar refractivity (Wildman–Crippen MR) is 86.6 cm³/mol. The largest absolute Gasteiger partial charge is 0.374 e. The second-order valence-corrected chi connectivity index (χ2v) is 7.45. The van der Waals surface area contributed by atoms with Crippen LogP contribution in [0.4, 0.5) is 0 Å². The van der Waals surface area contributed by atoms with E-state index < -0.39 is 0 Å². The minimum absolute atomic E-state index is 0.140. The monoisotopic (exact) mass is 311 g/mol. The summed E-state index contributed by atoms with van der Waals surface area (Å²) in [5.74, 6) is 2.40. The maximum atomic E-state index is 6.29. The van der Waals surface area contributed by atoms with Gasteiger partial charge in [-0.15, -0.1) is 0 Å². The van der Waals surface area contributed by atoms with Crippen molar-refractivity contribution in [2.75, 3.05) is 18.1 Å². The normalized spacial score (nSPS) is 31.6. The van der Waals surface area contributed by atoms with Gasteiger partial charge in [-0.3, -0.25) is 0 Å². The third kappa shape index (κ3) is 3.16. The van der Waals surface area contributed by atoms with Gasteiger partial charge in [-0.05, 0) is 43.6 Å². The molecule has 1 aromatic rings. The first-order valence-electron chi connectivity index (χ1n) is 7.41. The van der Waals surface area contributed by atoms with Gasteiger partial charge >= 0.3 is 0 Å². The fraction of sp³-hybridized carbons (Fsp3) is 0.625. The molecule has 2 heterocycles. The summed E-state index contributed by atoms with van der Waals surface area (Å²) in [4.78, 5) is 0. The third-order valence-electron chi connectivity index (χ3n) is 4.42. The average molecular weight is 312 g/mol. The van der Waals surface area contributed by atoms with Crippen LogP contribution in [-0.4, -0.2) is 29.8 Å². The minimum Gasteiger partial charge on any atom is -0.374 e. The number of halogens is 1. The van der Waals surface area contributed by atoms with Gasteiger partial charge < -0.3 is 10.1 Å². The number of ether oxygens (including phenoxy) is 1. The van der Waals surface area contributed by atoms with Crippen LogP contribution in [0.2, 0.25) is 5.02 Å². The summed E-state index contributed by atoms with van der Waals surface area (Å²) in [6, 6.07) is 8.94. The number of thioether (sulfide) groups is 1. The smallest absolute Gasteiger partial charge is 0.0795 e. The van der Waals surface area contributed by atoms with Crippen molar-refractivity contribution in [3.8, 4) is 0 Å². The van der Waals surface area contributed by atoms with E-state index in [9.17, 15) is 0 Å². The highest BCUT2D eigenvalue weighted by Gasteiger charge is 2.40. The zero-order valence-corrected chi connectivity index (χ0v) is 13.5. The van der Waals surface area contributed by atoms with Crippen molar-refractivity contribution in [1.29, 1.82) is 0 Å². The first-order valence-corrected chi connectivity index (χ1v) is 8.94. The summed E-state index contributed by atoms with van der Waals surface area (Å²) < 4.78 is 6.08. The SMILES string of the molecule is C[C@H](NC1CCOC2(CCSC2)C1)c1ccccc1Cl. The molecule has 2 fully saturated rings. The molecule has 1 N–H and O–H groups in total. The summed E-state index contributed by atoms with van der Waals surface area (Å²) in [5.41, 5.74) is 1.33. The fourth-order valence-electron chi connectivity index (χ4n) is 3.30. The number of benzene rings is 1. The molecule has 4 heteroatoms. The Morgan fingerprint density at radius 2 is 2.30 bits per heavy atom. The van der Waals surface area contributed by atoms with Crippen molar-refractivity contribution < 1.29 is 4.74 Å². The maximum Gasteiger partial charge on any atom is 0.0795 e. The molecule has 2 nitrogen and oxygen atoms in total. The van der Waals surface area contributed by atoms with Crippen LogP contribution in [-0.2, 0) is 4.74 Å². The standard InChI is InChI=1S/C16H22ClNOS/c1-12(14-4-2-3-5-15(14)17)18-13-6-8-19-16(10-13)7-9-20-11-16/h2-5,12-13,18H,6-11H2,1H3/t12-,13?,16?/m0/s1. The van der Waals surface area contributed by atoms with Crippen LogP contribution in [0.1, 0.15) is 37.8 Å². The summed E-state index contributed by atoms with van der Waals surface area (Å²) >= 11 is 8.31. The molecule has 2 unspecified atom stereocenters. The second kappa shape index (κ2) is 6.27. The van der Waals surface area contributed by atoms with Gasteiger partial charge in [0.05, 0.1) is 5.60 Å². The number of hydrogen-bond acceptors (Lipinski definition) is 3. The Balaban J connectivity index is 1.64. The molecule has 20 heavy (non-hydrogen) atoms. The van der Waals surface area contributed by atoms with Gasteiger partial charge in [0.25, 0.3) is 0 Å². The van der Waals surface area contributed by atoms with Crippen molar-refractivity contribution in [3.05, 3.63) is 34.9 Å². The van der Waals surface area contributed by atoms with Crippen LogP contribution in [0.15, 0.2) is 24.3 Å². The lowest BCUT2D eigenvalue weighted by Crippen LogP contribution is -2.47. The lowest BCUT2D eigenvalue weighted by atomic mass is 9.89. The van der Waals surface area contributed by atoms with Crippen molar-refractivity contribution in [1.82, 2.24) is 5.32 Å². The van der Waals surface area contributed by atoms with Crippen LogP contribution in [0.5, 0.6) is 0 Å². The summed E-state index contributed by atoms with van der Waals surface area (Å²) in [7, 11) is 0. The van der Waals surface area contributed by atoms with Crippen molar-refractivity contribution >= 4 is 23.4 Å². The van der Waals surface area contributed by atoms with Gasteiger partial charge in [-0.25, -0.2) is 0 Å². The maximum absolute atomic E-state index is 6.29. The average Bonchev–Trinajstić information content (AvgIpc) is 2.87. The van der Waals surface area contributed by atoms with Crippen molar-refractivity contribution in [3.63, 3.8) is 0 Å². The highest BCUT2D eigenvalue weighted by atomic mass is 35.5. The Morgan fingerprint density at radius 3 is 3.05 bits per heavy atom. The minimum atomic E-state index is 0.140. The van der Waals surface area contributed by atoms with Crippen LogP contribution >= 0.6 is 23.4 Å². The van der Waals surface area contributed by atoms with Gasteiger partial charge in [0.15, 0.2) is 0 Å². The van der Waals surface area contributed by atoms with Crippen molar-refractivity contribution in [2.24, 2.45) is 0 Å². The molecule has 0 aromatic heterocycles. The van der Waals surface area contributed by atoms with E-state index in [0.29, 0.717) is 6.04 Å². The molecule has 2 aliphatic rings. The molecule has 3 rings (SSSR count). The predicted octanol–water partition coefficient (Wildman–Crippen LogP) is 4.05. The zero-order valence-electron chi connectivity index (χ0n) is 11.9. The summed E-state index contributed by atoms with van der Waals surface area (Å²) in [6.45, 7) is 3.08.